The number of fused-ring (bicyclic) bond motifs is 1. The molecule has 2 atom stereocenters. The highest BCUT2D eigenvalue weighted by atomic mass is 32.1. The number of thiazole rings is 1. The van der Waals surface area contributed by atoms with Crippen LogP contribution in [0.15, 0.2) is 0 Å². The molecule has 21 heavy (non-hydrogen) atoms. The molecule has 2 unspecified atom stereocenters. The van der Waals surface area contributed by atoms with Gasteiger partial charge >= 0.3 is 0 Å². The highest BCUT2D eigenvalue weighted by molar-refractivity contribution is 7.12. The zero-order chi connectivity index (χ0) is 15.5. The maximum absolute atomic E-state index is 6.01. The lowest BCUT2D eigenvalue weighted by Gasteiger charge is -2.28. The molecule has 1 N–H and O–H groups in total. The van der Waals surface area contributed by atoms with Gasteiger partial charge in [-0.05, 0) is 44.6 Å². The lowest BCUT2D eigenvalue weighted by Crippen LogP contribution is -2.24. The van der Waals surface area contributed by atoms with Crippen molar-refractivity contribution in [3.8, 4) is 0 Å². The van der Waals surface area contributed by atoms with Gasteiger partial charge in [-0.25, -0.2) is 4.98 Å². The average molecular weight is 311 g/mol. The van der Waals surface area contributed by atoms with Crippen LogP contribution in [0.1, 0.15) is 81.6 Å². The van der Waals surface area contributed by atoms with E-state index in [1.165, 1.54) is 34.8 Å². The van der Waals surface area contributed by atoms with E-state index in [4.69, 9.17) is 9.72 Å². The maximum atomic E-state index is 6.01. The van der Waals surface area contributed by atoms with E-state index in [0.717, 1.165) is 19.6 Å². The number of nitrogens with one attached hydrogen (secondary N) is 1. The minimum absolute atomic E-state index is 0.0861. The van der Waals surface area contributed by atoms with Gasteiger partial charge in [0.1, 0.15) is 11.1 Å². The molecule has 1 aromatic rings. The monoisotopic (exact) mass is 310 g/mol. The van der Waals surface area contributed by atoms with E-state index in [-0.39, 0.29) is 11.5 Å². The summed E-state index contributed by atoms with van der Waals surface area (Å²) >= 11 is 1.87. The van der Waals surface area contributed by atoms with Crippen LogP contribution in [0.2, 0.25) is 0 Å². The highest BCUT2D eigenvalue weighted by Gasteiger charge is 2.32. The summed E-state index contributed by atoms with van der Waals surface area (Å²) in [6, 6.07) is 0.502. The SMILES string of the molecule is CCCNC1CCCc2nc(C(OCC)C(C)(C)C)sc21. The molecule has 4 heteroatoms. The summed E-state index contributed by atoms with van der Waals surface area (Å²) in [5.41, 5.74) is 1.40. The second kappa shape index (κ2) is 7.21. The first-order valence-electron chi connectivity index (χ1n) is 8.31. The Morgan fingerprint density at radius 2 is 2.14 bits per heavy atom. The number of aromatic nitrogens is 1. The summed E-state index contributed by atoms with van der Waals surface area (Å²) in [7, 11) is 0. The van der Waals surface area contributed by atoms with Gasteiger partial charge < -0.3 is 10.1 Å². The summed E-state index contributed by atoms with van der Waals surface area (Å²) in [4.78, 5) is 6.41. The van der Waals surface area contributed by atoms with E-state index in [9.17, 15) is 0 Å². The number of hydrogen-bond donors (Lipinski definition) is 1. The van der Waals surface area contributed by atoms with Crippen LogP contribution in [0, 0.1) is 5.41 Å². The first kappa shape index (κ1) is 16.9. The fraction of sp³-hybridized carbons (Fsp3) is 0.824. The molecule has 1 aliphatic rings. The molecule has 0 fully saturated rings. The fourth-order valence-electron chi connectivity index (χ4n) is 2.92. The Balaban J connectivity index is 2.25. The van der Waals surface area contributed by atoms with Crippen LogP contribution in [0.3, 0.4) is 0 Å². The largest absolute Gasteiger partial charge is 0.371 e. The first-order valence-corrected chi connectivity index (χ1v) is 9.13. The van der Waals surface area contributed by atoms with Crippen LogP contribution < -0.4 is 5.32 Å². The summed E-state index contributed by atoms with van der Waals surface area (Å²) in [6.45, 7) is 12.8. The van der Waals surface area contributed by atoms with Crippen molar-refractivity contribution >= 4 is 11.3 Å². The predicted molar refractivity (Wildman–Crippen MR) is 89.9 cm³/mol. The number of ether oxygens (including phenoxy) is 1. The smallest absolute Gasteiger partial charge is 0.123 e. The molecule has 2 rings (SSSR count). The lowest BCUT2D eigenvalue weighted by atomic mass is 9.89. The van der Waals surface area contributed by atoms with Crippen LogP contribution in [0.5, 0.6) is 0 Å². The molecule has 0 radical (unpaired) electrons. The van der Waals surface area contributed by atoms with Crippen LogP contribution >= 0.6 is 11.3 Å². The van der Waals surface area contributed by atoms with Gasteiger partial charge in [-0.1, -0.05) is 27.7 Å². The first-order chi connectivity index (χ1) is 9.97. The minimum atomic E-state index is 0.0861. The molecule has 0 saturated carbocycles. The predicted octanol–water partition coefficient (Wildman–Crippen LogP) is 4.64. The average Bonchev–Trinajstić information content (AvgIpc) is 2.84. The lowest BCUT2D eigenvalue weighted by molar-refractivity contribution is -0.0134. The molecule has 0 aromatic carbocycles. The Morgan fingerprint density at radius 1 is 1.38 bits per heavy atom. The maximum Gasteiger partial charge on any atom is 0.123 e. The van der Waals surface area contributed by atoms with E-state index in [1.807, 2.05) is 11.3 Å². The van der Waals surface area contributed by atoms with Crippen molar-refractivity contribution in [2.24, 2.45) is 5.41 Å². The van der Waals surface area contributed by atoms with E-state index in [0.29, 0.717) is 6.04 Å². The molecule has 0 aliphatic heterocycles. The van der Waals surface area contributed by atoms with Gasteiger partial charge in [-0.15, -0.1) is 11.3 Å². The highest BCUT2D eigenvalue weighted by Crippen LogP contribution is 2.42. The number of rotatable bonds is 6. The molecule has 3 nitrogen and oxygen atoms in total. The van der Waals surface area contributed by atoms with Crippen LogP contribution in [0.25, 0.3) is 0 Å². The molecule has 120 valence electrons. The Labute approximate surface area is 133 Å². The van der Waals surface area contributed by atoms with Crippen molar-refractivity contribution in [1.82, 2.24) is 10.3 Å². The second-order valence-electron chi connectivity index (χ2n) is 6.96. The van der Waals surface area contributed by atoms with Gasteiger partial charge in [0, 0.05) is 17.5 Å². The van der Waals surface area contributed by atoms with Crippen LogP contribution in [0.4, 0.5) is 0 Å². The van der Waals surface area contributed by atoms with E-state index >= 15 is 0 Å². The zero-order valence-electron chi connectivity index (χ0n) is 14.2. The molecular weight excluding hydrogens is 280 g/mol. The summed E-state index contributed by atoms with van der Waals surface area (Å²) in [5.74, 6) is 0. The van der Waals surface area contributed by atoms with Crippen molar-refractivity contribution in [3.63, 3.8) is 0 Å². The van der Waals surface area contributed by atoms with Gasteiger partial charge in [0.2, 0.25) is 0 Å². The Bertz CT molecular complexity index is 450. The number of hydrogen-bond acceptors (Lipinski definition) is 4. The molecule has 1 heterocycles. The summed E-state index contributed by atoms with van der Waals surface area (Å²) < 4.78 is 6.01. The number of nitrogens with zero attached hydrogens (tertiary/aromatic N) is 1. The van der Waals surface area contributed by atoms with Gasteiger partial charge in [0.15, 0.2) is 0 Å². The van der Waals surface area contributed by atoms with Crippen molar-refractivity contribution in [1.29, 1.82) is 0 Å². The minimum Gasteiger partial charge on any atom is -0.371 e. The van der Waals surface area contributed by atoms with Gasteiger partial charge in [0.05, 0.1) is 5.69 Å². The van der Waals surface area contributed by atoms with Crippen molar-refractivity contribution < 1.29 is 4.74 Å². The molecule has 0 spiro atoms. The molecule has 0 bridgehead atoms. The summed E-state index contributed by atoms with van der Waals surface area (Å²) in [5, 5.41) is 4.85. The number of aryl methyl sites for hydroxylation is 1. The third kappa shape index (κ3) is 4.05. The van der Waals surface area contributed by atoms with E-state index < -0.39 is 0 Å². The standard InChI is InChI=1S/C17H30N2OS/c1-6-11-18-12-9-8-10-13-14(12)21-16(19-13)15(20-7-2)17(3,4)5/h12,15,18H,6-11H2,1-5H3. The third-order valence-corrected chi connectivity index (χ3v) is 5.21. The normalized spacial score (nSPS) is 20.3. The van der Waals surface area contributed by atoms with Crippen molar-refractivity contribution in [2.45, 2.75) is 72.4 Å². The van der Waals surface area contributed by atoms with Crippen molar-refractivity contribution in [3.05, 3.63) is 15.6 Å². The quantitative estimate of drug-likeness (QED) is 0.831. The third-order valence-electron chi connectivity index (χ3n) is 3.95. The molecule has 1 aliphatic carbocycles. The van der Waals surface area contributed by atoms with Crippen LogP contribution in [-0.4, -0.2) is 18.1 Å². The van der Waals surface area contributed by atoms with Gasteiger partial charge in [0.25, 0.3) is 0 Å². The van der Waals surface area contributed by atoms with Gasteiger partial charge in [-0.2, -0.15) is 0 Å². The molecule has 0 saturated heterocycles. The van der Waals surface area contributed by atoms with Crippen molar-refractivity contribution in [2.75, 3.05) is 13.2 Å². The summed E-state index contributed by atoms with van der Waals surface area (Å²) in [6.07, 6.45) is 4.89. The van der Waals surface area contributed by atoms with E-state index in [2.05, 4.69) is 39.9 Å². The van der Waals surface area contributed by atoms with Gasteiger partial charge in [-0.3, -0.25) is 0 Å². The topological polar surface area (TPSA) is 34.2 Å². The molecule has 0 amide bonds. The Kier molecular flexibility index (Phi) is 5.81. The Hall–Kier alpha value is -0.450. The fourth-order valence-corrected chi connectivity index (χ4v) is 4.44. The zero-order valence-corrected chi connectivity index (χ0v) is 15.0. The molecular formula is C17H30N2OS. The van der Waals surface area contributed by atoms with Crippen LogP contribution in [-0.2, 0) is 11.2 Å². The molecule has 1 aromatic heterocycles. The Morgan fingerprint density at radius 3 is 2.76 bits per heavy atom. The second-order valence-corrected chi connectivity index (χ2v) is 8.03. The van der Waals surface area contributed by atoms with E-state index in [1.54, 1.807) is 0 Å².